The van der Waals surface area contributed by atoms with Gasteiger partial charge >= 0.3 is 0 Å². The Bertz CT molecular complexity index is 695. The lowest BCUT2D eigenvalue weighted by molar-refractivity contribution is 0.398. The fourth-order valence-corrected chi connectivity index (χ4v) is 1.86. The summed E-state index contributed by atoms with van der Waals surface area (Å²) in [5, 5.41) is 4.34. The van der Waals surface area contributed by atoms with E-state index in [4.69, 9.17) is 4.74 Å². The maximum atomic E-state index is 5.02. The van der Waals surface area contributed by atoms with Crippen molar-refractivity contribution >= 4 is 22.4 Å². The summed E-state index contributed by atoms with van der Waals surface area (Å²) in [5.41, 5.74) is 1.84. The van der Waals surface area contributed by atoms with Crippen molar-refractivity contribution in [2.24, 2.45) is 0 Å². The largest absolute Gasteiger partial charge is 0.481 e. The second kappa shape index (κ2) is 4.94. The van der Waals surface area contributed by atoms with Crippen molar-refractivity contribution in [3.05, 3.63) is 54.7 Å². The van der Waals surface area contributed by atoms with Gasteiger partial charge in [0.2, 0.25) is 5.88 Å². The first-order valence-electron chi connectivity index (χ1n) is 5.98. The van der Waals surface area contributed by atoms with E-state index in [0.29, 0.717) is 5.88 Å². The van der Waals surface area contributed by atoms with Crippen LogP contribution in [0.15, 0.2) is 54.7 Å². The number of aromatic nitrogens is 2. The zero-order valence-corrected chi connectivity index (χ0v) is 10.5. The molecule has 0 amide bonds. The monoisotopic (exact) mass is 251 g/mol. The van der Waals surface area contributed by atoms with Crippen molar-refractivity contribution in [3.63, 3.8) is 0 Å². The predicted molar refractivity (Wildman–Crippen MR) is 75.8 cm³/mol. The van der Waals surface area contributed by atoms with Crippen LogP contribution in [0, 0.1) is 0 Å². The SMILES string of the molecule is COc1ccc(Nc2ccc3ccccc3n2)cn1. The van der Waals surface area contributed by atoms with Crippen LogP contribution in [0.4, 0.5) is 11.5 Å². The van der Waals surface area contributed by atoms with Crippen molar-refractivity contribution in [2.45, 2.75) is 0 Å². The quantitative estimate of drug-likeness (QED) is 0.775. The molecule has 0 atom stereocenters. The first-order valence-corrected chi connectivity index (χ1v) is 5.98. The summed E-state index contributed by atoms with van der Waals surface area (Å²) in [5.74, 6) is 1.39. The number of fused-ring (bicyclic) bond motifs is 1. The molecule has 3 rings (SSSR count). The molecular formula is C15H13N3O. The molecule has 1 aromatic carbocycles. The highest BCUT2D eigenvalue weighted by Gasteiger charge is 1.99. The molecule has 94 valence electrons. The van der Waals surface area contributed by atoms with Crippen LogP contribution in [0.3, 0.4) is 0 Å². The Morgan fingerprint density at radius 2 is 1.89 bits per heavy atom. The maximum Gasteiger partial charge on any atom is 0.213 e. The number of hydrogen-bond donors (Lipinski definition) is 1. The number of benzene rings is 1. The zero-order valence-electron chi connectivity index (χ0n) is 10.5. The van der Waals surface area contributed by atoms with Crippen molar-refractivity contribution in [3.8, 4) is 5.88 Å². The van der Waals surface area contributed by atoms with Crippen LogP contribution in [0.5, 0.6) is 5.88 Å². The standard InChI is InChI=1S/C15H13N3O/c1-19-15-9-7-12(10-16-15)17-14-8-6-11-4-2-3-5-13(11)18-14/h2-10H,1H3,(H,17,18). The molecule has 19 heavy (non-hydrogen) atoms. The first kappa shape index (κ1) is 11.5. The Hall–Kier alpha value is -2.62. The van der Waals surface area contributed by atoms with Crippen LogP contribution >= 0.6 is 0 Å². The number of nitrogens with zero attached hydrogens (tertiary/aromatic N) is 2. The van der Waals surface area contributed by atoms with E-state index < -0.39 is 0 Å². The number of ether oxygens (including phenoxy) is 1. The number of rotatable bonds is 3. The van der Waals surface area contributed by atoms with Crippen molar-refractivity contribution in [1.29, 1.82) is 0 Å². The van der Waals surface area contributed by atoms with Gasteiger partial charge in [0.25, 0.3) is 0 Å². The van der Waals surface area contributed by atoms with Gasteiger partial charge in [0.1, 0.15) is 5.82 Å². The van der Waals surface area contributed by atoms with Crippen LogP contribution in [-0.4, -0.2) is 17.1 Å². The van der Waals surface area contributed by atoms with E-state index in [2.05, 4.69) is 15.3 Å². The third kappa shape index (κ3) is 2.47. The molecule has 0 aliphatic heterocycles. The number of anilines is 2. The molecule has 0 radical (unpaired) electrons. The van der Waals surface area contributed by atoms with Gasteiger partial charge in [-0.3, -0.25) is 0 Å². The average Bonchev–Trinajstić information content (AvgIpc) is 2.48. The molecule has 0 bridgehead atoms. The summed E-state index contributed by atoms with van der Waals surface area (Å²) in [6, 6.07) is 15.7. The van der Waals surface area contributed by atoms with Crippen LogP contribution in [0.2, 0.25) is 0 Å². The lowest BCUT2D eigenvalue weighted by atomic mass is 10.2. The number of para-hydroxylation sites is 1. The molecule has 3 aromatic rings. The summed E-state index contributed by atoms with van der Waals surface area (Å²) in [6.45, 7) is 0. The highest BCUT2D eigenvalue weighted by molar-refractivity contribution is 5.80. The molecular weight excluding hydrogens is 238 g/mol. The fraction of sp³-hybridized carbons (Fsp3) is 0.0667. The Labute approximate surface area is 111 Å². The number of pyridine rings is 2. The van der Waals surface area contributed by atoms with Gasteiger partial charge in [0, 0.05) is 11.5 Å². The second-order valence-electron chi connectivity index (χ2n) is 4.10. The van der Waals surface area contributed by atoms with Gasteiger partial charge < -0.3 is 10.1 Å². The third-order valence-corrected chi connectivity index (χ3v) is 2.82. The van der Waals surface area contributed by atoms with Gasteiger partial charge in [0.15, 0.2) is 0 Å². The van der Waals surface area contributed by atoms with Crippen molar-refractivity contribution in [1.82, 2.24) is 9.97 Å². The van der Waals surface area contributed by atoms with Gasteiger partial charge in [-0.1, -0.05) is 18.2 Å². The lowest BCUT2D eigenvalue weighted by Gasteiger charge is -2.07. The molecule has 4 nitrogen and oxygen atoms in total. The maximum absolute atomic E-state index is 5.02. The van der Waals surface area contributed by atoms with Gasteiger partial charge in [-0.2, -0.15) is 0 Å². The Kier molecular flexibility index (Phi) is 2.98. The molecule has 0 unspecified atom stereocenters. The number of nitrogens with one attached hydrogen (secondary N) is 1. The minimum atomic E-state index is 0.594. The average molecular weight is 251 g/mol. The third-order valence-electron chi connectivity index (χ3n) is 2.82. The highest BCUT2D eigenvalue weighted by atomic mass is 16.5. The van der Waals surface area contributed by atoms with Gasteiger partial charge in [0.05, 0.1) is 24.5 Å². The fourth-order valence-electron chi connectivity index (χ4n) is 1.86. The Morgan fingerprint density at radius 3 is 2.68 bits per heavy atom. The van der Waals surface area contributed by atoms with Crippen LogP contribution < -0.4 is 10.1 Å². The number of methoxy groups -OCH3 is 1. The van der Waals surface area contributed by atoms with Crippen LogP contribution in [0.25, 0.3) is 10.9 Å². The minimum absolute atomic E-state index is 0.594. The summed E-state index contributed by atoms with van der Waals surface area (Å²) < 4.78 is 5.02. The van der Waals surface area contributed by atoms with Crippen molar-refractivity contribution in [2.75, 3.05) is 12.4 Å². The molecule has 1 N–H and O–H groups in total. The van der Waals surface area contributed by atoms with Gasteiger partial charge in [-0.25, -0.2) is 9.97 Å². The summed E-state index contributed by atoms with van der Waals surface area (Å²) in [4.78, 5) is 8.69. The molecule has 2 aromatic heterocycles. The minimum Gasteiger partial charge on any atom is -0.481 e. The molecule has 0 spiro atoms. The van der Waals surface area contributed by atoms with Crippen LogP contribution in [0.1, 0.15) is 0 Å². The van der Waals surface area contributed by atoms with E-state index in [1.54, 1.807) is 13.3 Å². The molecule has 0 saturated heterocycles. The van der Waals surface area contributed by atoms with E-state index >= 15 is 0 Å². The number of hydrogen-bond acceptors (Lipinski definition) is 4. The smallest absolute Gasteiger partial charge is 0.213 e. The predicted octanol–water partition coefficient (Wildman–Crippen LogP) is 3.38. The van der Waals surface area contributed by atoms with E-state index in [-0.39, 0.29) is 0 Å². The van der Waals surface area contributed by atoms with E-state index in [9.17, 15) is 0 Å². The van der Waals surface area contributed by atoms with E-state index in [1.807, 2.05) is 48.5 Å². The van der Waals surface area contributed by atoms with Crippen molar-refractivity contribution < 1.29 is 4.74 Å². The zero-order chi connectivity index (χ0) is 13.1. The molecule has 0 saturated carbocycles. The topological polar surface area (TPSA) is 47.0 Å². The summed E-state index contributed by atoms with van der Waals surface area (Å²) in [7, 11) is 1.60. The molecule has 0 fully saturated rings. The Balaban J connectivity index is 1.87. The molecule has 2 heterocycles. The highest BCUT2D eigenvalue weighted by Crippen LogP contribution is 2.19. The first-order chi connectivity index (χ1) is 9.35. The molecule has 0 aliphatic rings. The molecule has 4 heteroatoms. The van der Waals surface area contributed by atoms with Crippen LogP contribution in [-0.2, 0) is 0 Å². The summed E-state index contributed by atoms with van der Waals surface area (Å²) >= 11 is 0. The van der Waals surface area contributed by atoms with E-state index in [1.165, 1.54) is 0 Å². The Morgan fingerprint density at radius 1 is 1.00 bits per heavy atom. The van der Waals surface area contributed by atoms with Gasteiger partial charge in [-0.15, -0.1) is 0 Å². The second-order valence-corrected chi connectivity index (χ2v) is 4.10. The molecule has 0 aliphatic carbocycles. The normalized spacial score (nSPS) is 10.4. The van der Waals surface area contributed by atoms with E-state index in [0.717, 1.165) is 22.4 Å². The van der Waals surface area contributed by atoms with Gasteiger partial charge in [-0.05, 0) is 24.3 Å². The summed E-state index contributed by atoms with van der Waals surface area (Å²) in [6.07, 6.45) is 1.72. The lowest BCUT2D eigenvalue weighted by Crippen LogP contribution is -1.95.